The number of amides is 1. The minimum absolute atomic E-state index is 0.00192. The molecule has 0 radical (unpaired) electrons. The van der Waals surface area contributed by atoms with Gasteiger partial charge in [-0.1, -0.05) is 0 Å². The zero-order valence-corrected chi connectivity index (χ0v) is 12.2. The third kappa shape index (κ3) is 3.10. The number of carbonyl (C=O) groups excluding carboxylic acids is 1. The summed E-state index contributed by atoms with van der Waals surface area (Å²) in [6.07, 6.45) is 5.55. The molecule has 1 aromatic rings. The maximum Gasteiger partial charge on any atom is 0.259 e. The van der Waals surface area contributed by atoms with E-state index in [0.29, 0.717) is 18.0 Å². The molecule has 1 heterocycles. The number of rotatable bonds is 4. The van der Waals surface area contributed by atoms with Crippen LogP contribution < -0.4 is 10.5 Å². The van der Waals surface area contributed by atoms with E-state index in [4.69, 9.17) is 10.5 Å². The molecule has 110 valence electrons. The third-order valence-corrected chi connectivity index (χ3v) is 3.98. The minimum atomic E-state index is -0.00192. The summed E-state index contributed by atoms with van der Waals surface area (Å²) in [7, 11) is 1.54. The monoisotopic (exact) mass is 277 g/mol. The SMILES string of the molecule is CCN(C(=O)c1cccnc1OC)C1CCC(N)CC1. The summed E-state index contributed by atoms with van der Waals surface area (Å²) in [5, 5.41) is 0. The van der Waals surface area contributed by atoms with Crippen LogP contribution in [0.15, 0.2) is 18.3 Å². The lowest BCUT2D eigenvalue weighted by atomic mass is 9.90. The van der Waals surface area contributed by atoms with Gasteiger partial charge in [-0.25, -0.2) is 4.98 Å². The number of aromatic nitrogens is 1. The lowest BCUT2D eigenvalue weighted by Gasteiger charge is -2.35. The number of nitrogens with two attached hydrogens (primary N) is 1. The van der Waals surface area contributed by atoms with Crippen molar-refractivity contribution >= 4 is 5.91 Å². The first kappa shape index (κ1) is 14.8. The molecule has 2 N–H and O–H groups in total. The van der Waals surface area contributed by atoms with Gasteiger partial charge in [0.05, 0.1) is 7.11 Å². The second-order valence-electron chi connectivity index (χ2n) is 5.22. The normalized spacial score (nSPS) is 22.4. The van der Waals surface area contributed by atoms with Crippen LogP contribution in [0.25, 0.3) is 0 Å². The van der Waals surface area contributed by atoms with Crippen LogP contribution in [0.3, 0.4) is 0 Å². The average Bonchev–Trinajstić information content (AvgIpc) is 2.49. The molecule has 0 spiro atoms. The average molecular weight is 277 g/mol. The minimum Gasteiger partial charge on any atom is -0.480 e. The standard InChI is InChI=1S/C15H23N3O2/c1-3-18(12-8-6-11(16)7-9-12)15(19)13-5-4-10-17-14(13)20-2/h4-5,10-12H,3,6-9,16H2,1-2H3. The van der Waals surface area contributed by atoms with Crippen molar-refractivity contribution in [1.29, 1.82) is 0 Å². The van der Waals surface area contributed by atoms with Gasteiger partial charge in [0.2, 0.25) is 5.88 Å². The van der Waals surface area contributed by atoms with E-state index in [1.54, 1.807) is 18.3 Å². The van der Waals surface area contributed by atoms with Crippen molar-refractivity contribution in [3.05, 3.63) is 23.9 Å². The molecule has 20 heavy (non-hydrogen) atoms. The second-order valence-corrected chi connectivity index (χ2v) is 5.22. The number of carbonyl (C=O) groups is 1. The molecule has 5 heteroatoms. The van der Waals surface area contributed by atoms with Gasteiger partial charge in [0, 0.05) is 24.8 Å². The fourth-order valence-electron chi connectivity index (χ4n) is 2.85. The van der Waals surface area contributed by atoms with Crippen molar-refractivity contribution in [3.8, 4) is 5.88 Å². The van der Waals surface area contributed by atoms with Crippen LogP contribution in [0.1, 0.15) is 43.0 Å². The lowest BCUT2D eigenvalue weighted by Crippen LogP contribution is -2.44. The summed E-state index contributed by atoms with van der Waals surface area (Å²) in [6.45, 7) is 2.70. The van der Waals surface area contributed by atoms with Crippen molar-refractivity contribution in [2.75, 3.05) is 13.7 Å². The summed E-state index contributed by atoms with van der Waals surface area (Å²) in [5.74, 6) is 0.390. The highest BCUT2D eigenvalue weighted by molar-refractivity contribution is 5.96. The Balaban J connectivity index is 2.16. The predicted octanol–water partition coefficient (Wildman–Crippen LogP) is 1.82. The summed E-state index contributed by atoms with van der Waals surface area (Å²) in [4.78, 5) is 18.7. The maximum atomic E-state index is 12.7. The van der Waals surface area contributed by atoms with Crippen molar-refractivity contribution < 1.29 is 9.53 Å². The molecule has 2 rings (SSSR count). The first-order valence-corrected chi connectivity index (χ1v) is 7.23. The van der Waals surface area contributed by atoms with Gasteiger partial charge in [0.1, 0.15) is 5.56 Å². The van der Waals surface area contributed by atoms with Gasteiger partial charge in [-0.15, -0.1) is 0 Å². The van der Waals surface area contributed by atoms with Crippen LogP contribution in [0.2, 0.25) is 0 Å². The Hall–Kier alpha value is -1.62. The summed E-state index contributed by atoms with van der Waals surface area (Å²) in [5.41, 5.74) is 6.47. The molecule has 0 aromatic carbocycles. The highest BCUT2D eigenvalue weighted by Crippen LogP contribution is 2.25. The Morgan fingerprint density at radius 3 is 2.75 bits per heavy atom. The van der Waals surface area contributed by atoms with E-state index in [0.717, 1.165) is 25.7 Å². The highest BCUT2D eigenvalue weighted by atomic mass is 16.5. The highest BCUT2D eigenvalue weighted by Gasteiger charge is 2.28. The summed E-state index contributed by atoms with van der Waals surface area (Å²) in [6, 6.07) is 4.09. The van der Waals surface area contributed by atoms with E-state index in [2.05, 4.69) is 4.98 Å². The molecule has 1 aromatic heterocycles. The number of hydrogen-bond acceptors (Lipinski definition) is 4. The molecule has 1 fully saturated rings. The molecule has 0 saturated heterocycles. The molecule has 5 nitrogen and oxygen atoms in total. The first-order chi connectivity index (χ1) is 9.67. The van der Waals surface area contributed by atoms with Crippen LogP contribution in [-0.2, 0) is 0 Å². The molecule has 1 saturated carbocycles. The van der Waals surface area contributed by atoms with Gasteiger partial charge in [-0.2, -0.15) is 0 Å². The Morgan fingerprint density at radius 1 is 1.45 bits per heavy atom. The van der Waals surface area contributed by atoms with Crippen molar-refractivity contribution in [1.82, 2.24) is 9.88 Å². The van der Waals surface area contributed by atoms with E-state index in [-0.39, 0.29) is 18.0 Å². The Kier molecular flexibility index (Phi) is 4.95. The van der Waals surface area contributed by atoms with Gasteiger partial charge >= 0.3 is 0 Å². The van der Waals surface area contributed by atoms with E-state index < -0.39 is 0 Å². The zero-order valence-electron chi connectivity index (χ0n) is 12.2. The van der Waals surface area contributed by atoms with Gasteiger partial charge in [0.15, 0.2) is 0 Å². The summed E-state index contributed by atoms with van der Waals surface area (Å²) >= 11 is 0. The smallest absolute Gasteiger partial charge is 0.259 e. The van der Waals surface area contributed by atoms with Crippen LogP contribution in [-0.4, -0.2) is 41.5 Å². The largest absolute Gasteiger partial charge is 0.480 e. The van der Waals surface area contributed by atoms with Gasteiger partial charge in [-0.3, -0.25) is 4.79 Å². The Labute approximate surface area is 120 Å². The number of methoxy groups -OCH3 is 1. The van der Waals surface area contributed by atoms with Gasteiger partial charge in [-0.05, 0) is 44.7 Å². The molecular formula is C15H23N3O2. The summed E-state index contributed by atoms with van der Waals surface area (Å²) < 4.78 is 5.19. The molecule has 0 unspecified atom stereocenters. The third-order valence-electron chi connectivity index (χ3n) is 3.98. The zero-order chi connectivity index (χ0) is 14.5. The van der Waals surface area contributed by atoms with Gasteiger partial charge < -0.3 is 15.4 Å². The van der Waals surface area contributed by atoms with Crippen molar-refractivity contribution in [3.63, 3.8) is 0 Å². The number of ether oxygens (including phenoxy) is 1. The van der Waals surface area contributed by atoms with Crippen molar-refractivity contribution in [2.45, 2.75) is 44.7 Å². The van der Waals surface area contributed by atoms with Gasteiger partial charge in [0.25, 0.3) is 5.91 Å². The quantitative estimate of drug-likeness (QED) is 0.911. The fraction of sp³-hybridized carbons (Fsp3) is 0.600. The molecule has 0 bridgehead atoms. The van der Waals surface area contributed by atoms with Crippen LogP contribution in [0, 0.1) is 0 Å². The van der Waals surface area contributed by atoms with E-state index in [9.17, 15) is 4.79 Å². The Morgan fingerprint density at radius 2 is 2.15 bits per heavy atom. The number of nitrogens with zero attached hydrogens (tertiary/aromatic N) is 2. The van der Waals surface area contributed by atoms with E-state index >= 15 is 0 Å². The molecular weight excluding hydrogens is 254 g/mol. The fourth-order valence-corrected chi connectivity index (χ4v) is 2.85. The van der Waals surface area contributed by atoms with Crippen molar-refractivity contribution in [2.24, 2.45) is 5.73 Å². The molecule has 0 atom stereocenters. The van der Waals surface area contributed by atoms with Crippen LogP contribution >= 0.6 is 0 Å². The molecule has 1 amide bonds. The molecule has 0 aliphatic heterocycles. The first-order valence-electron chi connectivity index (χ1n) is 7.23. The topological polar surface area (TPSA) is 68.5 Å². The number of pyridine rings is 1. The maximum absolute atomic E-state index is 12.7. The predicted molar refractivity (Wildman–Crippen MR) is 77.7 cm³/mol. The van der Waals surface area contributed by atoms with E-state index in [1.807, 2.05) is 11.8 Å². The Bertz CT molecular complexity index is 456. The second kappa shape index (κ2) is 6.70. The van der Waals surface area contributed by atoms with Crippen LogP contribution in [0.5, 0.6) is 5.88 Å². The number of hydrogen-bond donors (Lipinski definition) is 1. The van der Waals surface area contributed by atoms with Crippen LogP contribution in [0.4, 0.5) is 0 Å². The van der Waals surface area contributed by atoms with E-state index in [1.165, 1.54) is 7.11 Å². The lowest BCUT2D eigenvalue weighted by molar-refractivity contribution is 0.0636. The molecule has 1 aliphatic carbocycles. The molecule has 1 aliphatic rings.